The molecule has 23 heavy (non-hydrogen) atoms. The van der Waals surface area contributed by atoms with Crippen molar-refractivity contribution in [1.29, 1.82) is 0 Å². The highest BCUT2D eigenvalue weighted by Crippen LogP contribution is 2.34. The zero-order valence-corrected chi connectivity index (χ0v) is 14.7. The van der Waals surface area contributed by atoms with E-state index in [1.54, 1.807) is 22.7 Å². The first-order valence-electron chi connectivity index (χ1n) is 7.49. The minimum Gasteiger partial charge on any atom is -0.325 e. The van der Waals surface area contributed by atoms with E-state index in [1.807, 2.05) is 0 Å². The molecule has 0 bridgehead atoms. The largest absolute Gasteiger partial charge is 0.325 e. The third-order valence-corrected chi connectivity index (χ3v) is 5.92. The molecule has 3 aromatic heterocycles. The van der Waals surface area contributed by atoms with Crippen LogP contribution in [0.5, 0.6) is 0 Å². The van der Waals surface area contributed by atoms with Crippen LogP contribution in [0.4, 0.5) is 0 Å². The molecule has 4 rings (SSSR count). The molecule has 4 aromatic rings. The third-order valence-electron chi connectivity index (χ3n) is 4.21. The Balaban J connectivity index is 1.96. The summed E-state index contributed by atoms with van der Waals surface area (Å²) in [6.07, 6.45) is 0. The number of thiazole rings is 1. The van der Waals surface area contributed by atoms with Crippen LogP contribution in [0, 0.1) is 13.8 Å². The molecule has 116 valence electrons. The first-order chi connectivity index (χ1) is 11.2. The highest BCUT2D eigenvalue weighted by atomic mass is 32.1. The van der Waals surface area contributed by atoms with Gasteiger partial charge < -0.3 is 5.73 Å². The Kier molecular flexibility index (Phi) is 3.56. The monoisotopic (exact) mass is 339 g/mol. The van der Waals surface area contributed by atoms with E-state index in [-0.39, 0.29) is 0 Å². The molecule has 0 atom stereocenters. The molecule has 0 aliphatic heterocycles. The molecule has 0 spiro atoms. The maximum absolute atomic E-state index is 6.10. The van der Waals surface area contributed by atoms with Crippen molar-refractivity contribution in [1.82, 2.24) is 9.38 Å². The van der Waals surface area contributed by atoms with E-state index >= 15 is 0 Å². The molecule has 2 N–H and O–H groups in total. The summed E-state index contributed by atoms with van der Waals surface area (Å²) in [5, 5.41) is 4.26. The number of fused-ring (bicyclic) bond motifs is 1. The number of nitrogens with zero attached hydrogens (tertiary/aromatic N) is 2. The van der Waals surface area contributed by atoms with Crippen molar-refractivity contribution in [2.45, 2.75) is 20.4 Å². The van der Waals surface area contributed by atoms with Gasteiger partial charge in [-0.15, -0.1) is 22.7 Å². The molecule has 3 heterocycles. The molecule has 5 heteroatoms. The number of thiophene rings is 1. The predicted octanol–water partition coefficient (Wildman–Crippen LogP) is 4.87. The molecule has 3 nitrogen and oxygen atoms in total. The van der Waals surface area contributed by atoms with Gasteiger partial charge in [0, 0.05) is 17.5 Å². The van der Waals surface area contributed by atoms with Crippen molar-refractivity contribution in [2.24, 2.45) is 5.73 Å². The zero-order chi connectivity index (χ0) is 16.0. The fourth-order valence-electron chi connectivity index (χ4n) is 2.82. The lowest BCUT2D eigenvalue weighted by Crippen LogP contribution is -2.03. The number of hydrogen-bond acceptors (Lipinski definition) is 4. The highest BCUT2D eigenvalue weighted by molar-refractivity contribution is 7.17. The Labute approximate surface area is 143 Å². The van der Waals surface area contributed by atoms with E-state index in [9.17, 15) is 0 Å². The third kappa shape index (κ3) is 2.32. The minimum atomic E-state index is 0.471. The smallest absolute Gasteiger partial charge is 0.195 e. The van der Waals surface area contributed by atoms with Gasteiger partial charge in [-0.2, -0.15) is 0 Å². The summed E-state index contributed by atoms with van der Waals surface area (Å²) in [4.78, 5) is 7.11. The fraction of sp³-hybridized carbons (Fsp3) is 0.167. The number of imidazole rings is 1. The summed E-state index contributed by atoms with van der Waals surface area (Å²) in [7, 11) is 0. The lowest BCUT2D eigenvalue weighted by Gasteiger charge is -2.06. The zero-order valence-electron chi connectivity index (χ0n) is 13.0. The molecule has 0 radical (unpaired) electrons. The molecule has 0 aliphatic rings. The molecule has 0 unspecified atom stereocenters. The van der Waals surface area contributed by atoms with Crippen LogP contribution in [0.25, 0.3) is 26.8 Å². The van der Waals surface area contributed by atoms with Gasteiger partial charge in [0.2, 0.25) is 0 Å². The molecule has 0 fully saturated rings. The first kappa shape index (κ1) is 14.6. The SMILES string of the molecule is Cc1ccc(-c2nc3scc(-c4cccs4)n3c2CN)cc1C. The van der Waals surface area contributed by atoms with Gasteiger partial charge >= 0.3 is 0 Å². The summed E-state index contributed by atoms with van der Waals surface area (Å²) >= 11 is 3.41. The maximum atomic E-state index is 6.10. The summed E-state index contributed by atoms with van der Waals surface area (Å²) in [5.74, 6) is 0. The molecular formula is C18H17N3S2. The molecule has 0 saturated heterocycles. The predicted molar refractivity (Wildman–Crippen MR) is 99.2 cm³/mol. The van der Waals surface area contributed by atoms with E-state index in [2.05, 4.69) is 59.3 Å². The van der Waals surface area contributed by atoms with Crippen molar-refractivity contribution in [3.8, 4) is 21.8 Å². The van der Waals surface area contributed by atoms with E-state index in [1.165, 1.54) is 21.7 Å². The van der Waals surface area contributed by atoms with Crippen molar-refractivity contribution in [2.75, 3.05) is 0 Å². The summed E-state index contributed by atoms with van der Waals surface area (Å²) < 4.78 is 2.21. The number of aromatic nitrogens is 2. The van der Waals surface area contributed by atoms with Gasteiger partial charge in [0.15, 0.2) is 4.96 Å². The second-order valence-corrected chi connectivity index (χ2v) is 7.41. The van der Waals surface area contributed by atoms with Crippen molar-refractivity contribution < 1.29 is 0 Å². The van der Waals surface area contributed by atoms with Gasteiger partial charge in [-0.1, -0.05) is 18.2 Å². The van der Waals surface area contributed by atoms with Crippen LogP contribution in [-0.2, 0) is 6.54 Å². The van der Waals surface area contributed by atoms with Crippen LogP contribution in [0.3, 0.4) is 0 Å². The van der Waals surface area contributed by atoms with Crippen LogP contribution in [-0.4, -0.2) is 9.38 Å². The van der Waals surface area contributed by atoms with Crippen molar-refractivity contribution >= 4 is 27.6 Å². The quantitative estimate of drug-likeness (QED) is 0.579. The lowest BCUT2D eigenvalue weighted by molar-refractivity contribution is 0.974. The van der Waals surface area contributed by atoms with E-state index < -0.39 is 0 Å². The summed E-state index contributed by atoms with van der Waals surface area (Å²) in [6, 6.07) is 10.7. The number of nitrogens with two attached hydrogens (primary N) is 1. The molecular weight excluding hydrogens is 322 g/mol. The van der Waals surface area contributed by atoms with Crippen molar-refractivity contribution in [3.05, 3.63) is 57.9 Å². The van der Waals surface area contributed by atoms with Gasteiger partial charge in [-0.3, -0.25) is 4.40 Å². The minimum absolute atomic E-state index is 0.471. The van der Waals surface area contributed by atoms with Crippen LogP contribution < -0.4 is 5.73 Å². The maximum Gasteiger partial charge on any atom is 0.195 e. The molecule has 0 aliphatic carbocycles. The Bertz CT molecular complexity index is 977. The second kappa shape index (κ2) is 5.60. The standard InChI is InChI=1S/C18H17N3S2/c1-11-5-6-13(8-12(11)2)17-14(9-19)21-15(10-23-18(21)20-17)16-4-3-7-22-16/h3-8,10H,9,19H2,1-2H3. The Morgan fingerprint density at radius 2 is 2.00 bits per heavy atom. The highest BCUT2D eigenvalue weighted by Gasteiger charge is 2.18. The van der Waals surface area contributed by atoms with Gasteiger partial charge in [-0.25, -0.2) is 4.98 Å². The van der Waals surface area contributed by atoms with Gasteiger partial charge in [0.05, 0.1) is 22.0 Å². The van der Waals surface area contributed by atoms with Gasteiger partial charge in [0.25, 0.3) is 0 Å². The van der Waals surface area contributed by atoms with E-state index in [0.717, 1.165) is 21.9 Å². The number of hydrogen-bond donors (Lipinski definition) is 1. The average Bonchev–Trinajstić information content (AvgIpc) is 3.24. The molecule has 0 amide bonds. The normalized spacial score (nSPS) is 11.4. The first-order valence-corrected chi connectivity index (χ1v) is 9.25. The molecule has 1 aromatic carbocycles. The van der Waals surface area contributed by atoms with E-state index in [0.29, 0.717) is 6.54 Å². The lowest BCUT2D eigenvalue weighted by atomic mass is 10.0. The van der Waals surface area contributed by atoms with Crippen molar-refractivity contribution in [3.63, 3.8) is 0 Å². The number of aryl methyl sites for hydroxylation is 2. The van der Waals surface area contributed by atoms with Crippen LogP contribution in [0.1, 0.15) is 16.8 Å². The van der Waals surface area contributed by atoms with Gasteiger partial charge in [0.1, 0.15) is 0 Å². The Morgan fingerprint density at radius 1 is 1.13 bits per heavy atom. The topological polar surface area (TPSA) is 43.3 Å². The Hall–Kier alpha value is -1.95. The van der Waals surface area contributed by atoms with Crippen LogP contribution >= 0.6 is 22.7 Å². The van der Waals surface area contributed by atoms with Crippen LogP contribution in [0.2, 0.25) is 0 Å². The molecule has 0 saturated carbocycles. The summed E-state index contributed by atoms with van der Waals surface area (Å²) in [5.41, 5.74) is 13.1. The fourth-order valence-corrected chi connectivity index (χ4v) is 4.53. The summed E-state index contributed by atoms with van der Waals surface area (Å²) in [6.45, 7) is 4.73. The Morgan fingerprint density at radius 3 is 2.70 bits per heavy atom. The second-order valence-electron chi connectivity index (χ2n) is 5.63. The number of rotatable bonds is 3. The van der Waals surface area contributed by atoms with Gasteiger partial charge in [-0.05, 0) is 42.5 Å². The number of benzene rings is 1. The van der Waals surface area contributed by atoms with E-state index in [4.69, 9.17) is 10.7 Å². The average molecular weight is 339 g/mol. The van der Waals surface area contributed by atoms with Crippen LogP contribution in [0.15, 0.2) is 41.1 Å².